The predicted octanol–water partition coefficient (Wildman–Crippen LogP) is 2.76. The summed E-state index contributed by atoms with van der Waals surface area (Å²) in [5.74, 6) is 0.652. The Bertz CT molecular complexity index is 813. The van der Waals surface area contributed by atoms with Crippen LogP contribution in [0.1, 0.15) is 18.5 Å². The van der Waals surface area contributed by atoms with Gasteiger partial charge in [-0.2, -0.15) is 5.10 Å². The molecule has 0 bridgehead atoms. The van der Waals surface area contributed by atoms with Gasteiger partial charge in [0.1, 0.15) is 6.33 Å². The van der Waals surface area contributed by atoms with Gasteiger partial charge in [0.15, 0.2) is 5.82 Å². The maximum absolute atomic E-state index is 12.1. The van der Waals surface area contributed by atoms with Crippen LogP contribution < -0.4 is 10.6 Å². The lowest BCUT2D eigenvalue weighted by atomic mass is 10.1. The standard InChI is InChI=1S/C17H18N6O/c1-12(14-4-3-9-18-10-14)20-17(24)21-15-7-5-13(6-8-15)16-19-11-23(2)22-16/h3-12H,1-2H3,(H2,20,21,24)/t12-/m0/s1. The number of aromatic nitrogens is 4. The summed E-state index contributed by atoms with van der Waals surface area (Å²) in [6.07, 6.45) is 5.09. The molecule has 0 spiro atoms. The number of amides is 2. The SMILES string of the molecule is C[C@H](NC(=O)Nc1ccc(-c2ncn(C)n2)cc1)c1cccnc1. The van der Waals surface area contributed by atoms with Crippen molar-refractivity contribution in [2.45, 2.75) is 13.0 Å². The fourth-order valence-electron chi connectivity index (χ4n) is 2.25. The molecule has 0 aliphatic heterocycles. The molecule has 0 radical (unpaired) electrons. The van der Waals surface area contributed by atoms with Crippen molar-refractivity contribution in [2.75, 3.05) is 5.32 Å². The van der Waals surface area contributed by atoms with Crippen molar-refractivity contribution >= 4 is 11.7 Å². The average molecular weight is 322 g/mol. The predicted molar refractivity (Wildman–Crippen MR) is 91.2 cm³/mol. The molecule has 2 aromatic heterocycles. The highest BCUT2D eigenvalue weighted by Crippen LogP contribution is 2.18. The summed E-state index contributed by atoms with van der Waals surface area (Å²) < 4.78 is 1.65. The first kappa shape index (κ1) is 15.7. The zero-order chi connectivity index (χ0) is 16.9. The first-order valence-electron chi connectivity index (χ1n) is 7.55. The van der Waals surface area contributed by atoms with Gasteiger partial charge in [-0.3, -0.25) is 9.67 Å². The number of rotatable bonds is 4. The van der Waals surface area contributed by atoms with Gasteiger partial charge in [0.2, 0.25) is 0 Å². The normalized spacial score (nSPS) is 11.8. The van der Waals surface area contributed by atoms with Crippen molar-refractivity contribution in [3.05, 3.63) is 60.7 Å². The summed E-state index contributed by atoms with van der Waals surface area (Å²) in [4.78, 5) is 20.3. The number of nitrogens with zero attached hydrogens (tertiary/aromatic N) is 4. The average Bonchev–Trinajstić information content (AvgIpc) is 3.02. The number of anilines is 1. The lowest BCUT2D eigenvalue weighted by Crippen LogP contribution is -2.31. The number of aryl methyl sites for hydroxylation is 1. The molecule has 2 heterocycles. The van der Waals surface area contributed by atoms with E-state index in [0.717, 1.165) is 11.1 Å². The molecule has 1 aromatic carbocycles. The second kappa shape index (κ2) is 6.91. The number of hydrogen-bond donors (Lipinski definition) is 2. The Morgan fingerprint density at radius 3 is 2.62 bits per heavy atom. The summed E-state index contributed by atoms with van der Waals surface area (Å²) in [6.45, 7) is 1.91. The van der Waals surface area contributed by atoms with Crippen LogP contribution in [0.25, 0.3) is 11.4 Å². The van der Waals surface area contributed by atoms with Crippen LogP contribution in [0.5, 0.6) is 0 Å². The van der Waals surface area contributed by atoms with Gasteiger partial charge in [-0.25, -0.2) is 9.78 Å². The summed E-state index contributed by atoms with van der Waals surface area (Å²) in [5, 5.41) is 9.93. The first-order chi connectivity index (χ1) is 11.6. The second-order valence-corrected chi connectivity index (χ2v) is 5.43. The monoisotopic (exact) mass is 322 g/mol. The number of carbonyl (C=O) groups excluding carboxylic acids is 1. The van der Waals surface area contributed by atoms with E-state index in [4.69, 9.17) is 0 Å². The number of urea groups is 1. The highest BCUT2D eigenvalue weighted by atomic mass is 16.2. The molecule has 1 atom stereocenters. The Morgan fingerprint density at radius 2 is 2.00 bits per heavy atom. The minimum Gasteiger partial charge on any atom is -0.331 e. The van der Waals surface area contributed by atoms with Gasteiger partial charge in [0.05, 0.1) is 6.04 Å². The molecular weight excluding hydrogens is 304 g/mol. The summed E-state index contributed by atoms with van der Waals surface area (Å²) in [6, 6.07) is 10.7. The molecule has 2 amide bonds. The number of benzene rings is 1. The minimum absolute atomic E-state index is 0.129. The van der Waals surface area contributed by atoms with E-state index in [1.54, 1.807) is 23.4 Å². The highest BCUT2D eigenvalue weighted by molar-refractivity contribution is 5.89. The fourth-order valence-corrected chi connectivity index (χ4v) is 2.25. The van der Waals surface area contributed by atoms with Crippen LogP contribution in [0, 0.1) is 0 Å². The van der Waals surface area contributed by atoms with Gasteiger partial charge in [-0.15, -0.1) is 0 Å². The minimum atomic E-state index is -0.268. The summed E-state index contributed by atoms with van der Waals surface area (Å²) in [7, 11) is 1.82. The Kier molecular flexibility index (Phi) is 4.51. The van der Waals surface area contributed by atoms with Gasteiger partial charge in [-0.1, -0.05) is 6.07 Å². The van der Waals surface area contributed by atoms with E-state index in [1.165, 1.54) is 0 Å². The molecule has 7 heteroatoms. The molecule has 2 N–H and O–H groups in total. The summed E-state index contributed by atoms with van der Waals surface area (Å²) in [5.41, 5.74) is 2.54. The third-order valence-electron chi connectivity index (χ3n) is 3.53. The third kappa shape index (κ3) is 3.75. The highest BCUT2D eigenvalue weighted by Gasteiger charge is 2.10. The molecule has 0 fully saturated rings. The van der Waals surface area contributed by atoms with Crippen molar-refractivity contribution in [1.29, 1.82) is 0 Å². The maximum atomic E-state index is 12.1. The van der Waals surface area contributed by atoms with Gasteiger partial charge >= 0.3 is 6.03 Å². The molecular formula is C17H18N6O. The quantitative estimate of drug-likeness (QED) is 0.773. The largest absolute Gasteiger partial charge is 0.331 e. The van der Waals surface area contributed by atoms with Crippen LogP contribution >= 0.6 is 0 Å². The Morgan fingerprint density at radius 1 is 1.21 bits per heavy atom. The molecule has 0 aliphatic carbocycles. The molecule has 0 saturated carbocycles. The number of hydrogen-bond acceptors (Lipinski definition) is 4. The van der Waals surface area contributed by atoms with Crippen LogP contribution in [-0.4, -0.2) is 25.8 Å². The molecule has 3 aromatic rings. The van der Waals surface area contributed by atoms with Crippen molar-refractivity contribution in [3.8, 4) is 11.4 Å². The fraction of sp³-hybridized carbons (Fsp3) is 0.176. The molecule has 24 heavy (non-hydrogen) atoms. The van der Waals surface area contributed by atoms with Gasteiger partial charge in [0.25, 0.3) is 0 Å². The number of pyridine rings is 1. The van der Waals surface area contributed by atoms with E-state index >= 15 is 0 Å². The maximum Gasteiger partial charge on any atom is 0.319 e. The van der Waals surface area contributed by atoms with Crippen LogP contribution in [0.4, 0.5) is 10.5 Å². The summed E-state index contributed by atoms with van der Waals surface area (Å²) >= 11 is 0. The molecule has 0 aliphatic rings. The smallest absolute Gasteiger partial charge is 0.319 e. The number of carbonyl (C=O) groups is 1. The lowest BCUT2D eigenvalue weighted by Gasteiger charge is -2.14. The van der Waals surface area contributed by atoms with Crippen LogP contribution in [-0.2, 0) is 7.05 Å². The van der Waals surface area contributed by atoms with E-state index in [1.807, 2.05) is 50.4 Å². The van der Waals surface area contributed by atoms with Crippen LogP contribution in [0.3, 0.4) is 0 Å². The molecule has 122 valence electrons. The van der Waals surface area contributed by atoms with Crippen molar-refractivity contribution in [3.63, 3.8) is 0 Å². The molecule has 7 nitrogen and oxygen atoms in total. The van der Waals surface area contributed by atoms with Gasteiger partial charge in [0, 0.05) is 30.7 Å². The first-order valence-corrected chi connectivity index (χ1v) is 7.55. The van der Waals surface area contributed by atoms with E-state index in [0.29, 0.717) is 11.5 Å². The van der Waals surface area contributed by atoms with E-state index in [2.05, 4.69) is 25.7 Å². The third-order valence-corrected chi connectivity index (χ3v) is 3.53. The van der Waals surface area contributed by atoms with Crippen molar-refractivity contribution < 1.29 is 4.79 Å². The zero-order valence-corrected chi connectivity index (χ0v) is 13.5. The lowest BCUT2D eigenvalue weighted by molar-refractivity contribution is 0.249. The molecule has 0 saturated heterocycles. The van der Waals surface area contributed by atoms with E-state index < -0.39 is 0 Å². The van der Waals surface area contributed by atoms with Crippen LogP contribution in [0.2, 0.25) is 0 Å². The Hall–Kier alpha value is -3.22. The zero-order valence-electron chi connectivity index (χ0n) is 13.5. The molecule has 0 unspecified atom stereocenters. The van der Waals surface area contributed by atoms with Crippen LogP contribution in [0.15, 0.2) is 55.1 Å². The van der Waals surface area contributed by atoms with E-state index in [9.17, 15) is 4.79 Å². The second-order valence-electron chi connectivity index (χ2n) is 5.43. The molecule has 3 rings (SSSR count). The van der Waals surface area contributed by atoms with Crippen molar-refractivity contribution in [2.24, 2.45) is 7.05 Å². The van der Waals surface area contributed by atoms with Gasteiger partial charge in [-0.05, 0) is 42.8 Å². The van der Waals surface area contributed by atoms with Gasteiger partial charge < -0.3 is 10.6 Å². The topological polar surface area (TPSA) is 84.7 Å². The Labute approximate surface area is 139 Å². The van der Waals surface area contributed by atoms with Crippen molar-refractivity contribution in [1.82, 2.24) is 25.1 Å². The van der Waals surface area contributed by atoms with E-state index in [-0.39, 0.29) is 12.1 Å². The Balaban J connectivity index is 1.60. The number of nitrogens with one attached hydrogen (secondary N) is 2.